The van der Waals surface area contributed by atoms with Gasteiger partial charge in [-0.05, 0) is 12.1 Å². The number of nitriles is 1. The molecule has 0 radical (unpaired) electrons. The number of hydrogen-bond donors (Lipinski definition) is 2. The molecule has 0 spiro atoms. The van der Waals surface area contributed by atoms with E-state index in [0.717, 1.165) is 0 Å². The van der Waals surface area contributed by atoms with Crippen molar-refractivity contribution in [3.63, 3.8) is 0 Å². The minimum Gasteiger partial charge on any atom is -0.506 e. The van der Waals surface area contributed by atoms with E-state index in [2.05, 4.69) is 9.97 Å². The Morgan fingerprint density at radius 3 is 3.00 bits per heavy atom. The van der Waals surface area contributed by atoms with E-state index in [9.17, 15) is 9.90 Å². The molecular formula is C9H5N3O2. The Labute approximate surface area is 78.3 Å². The summed E-state index contributed by atoms with van der Waals surface area (Å²) in [5.41, 5.74) is -0.282. The van der Waals surface area contributed by atoms with E-state index in [1.807, 2.05) is 0 Å². The second-order valence-electron chi connectivity index (χ2n) is 2.70. The summed E-state index contributed by atoms with van der Waals surface area (Å²) in [5.74, 6) is -0.214. The quantitative estimate of drug-likeness (QED) is 0.628. The van der Waals surface area contributed by atoms with Gasteiger partial charge in [0, 0.05) is 0 Å². The molecule has 2 rings (SSSR count). The number of phenolic OH excluding ortho intramolecular Hbond substituents is 1. The van der Waals surface area contributed by atoms with Crippen molar-refractivity contribution in [3.8, 4) is 11.8 Å². The third-order valence-corrected chi connectivity index (χ3v) is 1.82. The molecule has 1 aromatic carbocycles. The van der Waals surface area contributed by atoms with Crippen LogP contribution in [0.2, 0.25) is 0 Å². The van der Waals surface area contributed by atoms with Crippen molar-refractivity contribution in [1.82, 2.24) is 9.97 Å². The number of phenols is 1. The fourth-order valence-corrected chi connectivity index (χ4v) is 1.20. The summed E-state index contributed by atoms with van der Waals surface area (Å²) in [7, 11) is 0. The molecule has 14 heavy (non-hydrogen) atoms. The van der Waals surface area contributed by atoms with Gasteiger partial charge in [0.25, 0.3) is 5.56 Å². The molecule has 2 N–H and O–H groups in total. The molecule has 0 aliphatic rings. The Hall–Kier alpha value is -2.35. The van der Waals surface area contributed by atoms with E-state index in [0.29, 0.717) is 0 Å². The van der Waals surface area contributed by atoms with Gasteiger partial charge in [0.05, 0.1) is 5.39 Å². The largest absolute Gasteiger partial charge is 0.506 e. The van der Waals surface area contributed by atoms with Gasteiger partial charge in [-0.3, -0.25) is 9.78 Å². The molecule has 0 amide bonds. The van der Waals surface area contributed by atoms with E-state index in [1.165, 1.54) is 12.1 Å². The molecule has 0 saturated heterocycles. The van der Waals surface area contributed by atoms with E-state index in [-0.39, 0.29) is 22.5 Å². The van der Waals surface area contributed by atoms with Crippen LogP contribution >= 0.6 is 0 Å². The number of fused-ring (bicyclic) bond motifs is 1. The fourth-order valence-electron chi connectivity index (χ4n) is 1.20. The molecular weight excluding hydrogens is 182 g/mol. The summed E-state index contributed by atoms with van der Waals surface area (Å²) >= 11 is 0. The smallest absolute Gasteiger partial charge is 0.259 e. The molecule has 0 saturated carbocycles. The maximum absolute atomic E-state index is 11.4. The van der Waals surface area contributed by atoms with Crippen molar-refractivity contribution < 1.29 is 5.11 Å². The van der Waals surface area contributed by atoms with Crippen LogP contribution in [0.25, 0.3) is 10.9 Å². The van der Waals surface area contributed by atoms with Gasteiger partial charge >= 0.3 is 0 Å². The second kappa shape index (κ2) is 2.85. The van der Waals surface area contributed by atoms with Crippen molar-refractivity contribution >= 4 is 10.9 Å². The summed E-state index contributed by atoms with van der Waals surface area (Å²) in [6.45, 7) is 0. The molecule has 0 aliphatic carbocycles. The summed E-state index contributed by atoms with van der Waals surface area (Å²) in [6.07, 6.45) is 0. The van der Waals surface area contributed by atoms with E-state index in [4.69, 9.17) is 5.26 Å². The van der Waals surface area contributed by atoms with Gasteiger partial charge in [-0.15, -0.1) is 0 Å². The SMILES string of the molecule is N#Cc1nc2c(O)cccc2c(=O)[nH]1. The van der Waals surface area contributed by atoms with Gasteiger partial charge in [-0.1, -0.05) is 6.07 Å². The Morgan fingerprint density at radius 2 is 2.29 bits per heavy atom. The third-order valence-electron chi connectivity index (χ3n) is 1.82. The first-order chi connectivity index (χ1) is 6.72. The Morgan fingerprint density at radius 1 is 1.50 bits per heavy atom. The lowest BCUT2D eigenvalue weighted by Gasteiger charge is -1.98. The van der Waals surface area contributed by atoms with Crippen LogP contribution in [0.5, 0.6) is 5.75 Å². The highest BCUT2D eigenvalue weighted by Gasteiger charge is 2.05. The highest BCUT2D eigenvalue weighted by molar-refractivity contribution is 5.83. The summed E-state index contributed by atoms with van der Waals surface area (Å²) in [4.78, 5) is 17.4. The van der Waals surface area contributed by atoms with Crippen LogP contribution in [-0.4, -0.2) is 15.1 Å². The molecule has 68 valence electrons. The van der Waals surface area contributed by atoms with Crippen LogP contribution in [-0.2, 0) is 0 Å². The molecule has 0 aliphatic heterocycles. The van der Waals surface area contributed by atoms with Crippen molar-refractivity contribution in [1.29, 1.82) is 5.26 Å². The summed E-state index contributed by atoms with van der Waals surface area (Å²) in [6, 6.07) is 6.19. The van der Waals surface area contributed by atoms with Gasteiger partial charge in [-0.25, -0.2) is 4.98 Å². The third kappa shape index (κ3) is 1.10. The first-order valence-corrected chi connectivity index (χ1v) is 3.84. The number of aromatic hydroxyl groups is 1. The molecule has 5 nitrogen and oxygen atoms in total. The lowest BCUT2D eigenvalue weighted by atomic mass is 10.2. The number of para-hydroxylation sites is 1. The van der Waals surface area contributed by atoms with E-state index in [1.54, 1.807) is 12.1 Å². The van der Waals surface area contributed by atoms with Crippen LogP contribution in [0.1, 0.15) is 5.82 Å². The number of benzene rings is 1. The van der Waals surface area contributed by atoms with Gasteiger partial charge in [0.2, 0.25) is 5.82 Å². The first kappa shape index (κ1) is 8.26. The Bertz CT molecular complexity index is 595. The van der Waals surface area contributed by atoms with Crippen molar-refractivity contribution in [2.45, 2.75) is 0 Å². The van der Waals surface area contributed by atoms with Crippen LogP contribution < -0.4 is 5.56 Å². The fraction of sp³-hybridized carbons (Fsp3) is 0. The van der Waals surface area contributed by atoms with Crippen LogP contribution in [0.3, 0.4) is 0 Å². The number of hydrogen-bond acceptors (Lipinski definition) is 4. The standard InChI is InChI=1S/C9H5N3O2/c10-4-7-11-8-5(9(14)12-7)2-1-3-6(8)13/h1-3,13H,(H,11,12,14). The summed E-state index contributed by atoms with van der Waals surface area (Å²) < 4.78 is 0. The number of rotatable bonds is 0. The zero-order valence-electron chi connectivity index (χ0n) is 6.98. The lowest BCUT2D eigenvalue weighted by Crippen LogP contribution is -2.09. The van der Waals surface area contributed by atoms with Gasteiger partial charge in [-0.2, -0.15) is 5.26 Å². The normalized spacial score (nSPS) is 9.93. The molecule has 0 bridgehead atoms. The average molecular weight is 187 g/mol. The Kier molecular flexibility index (Phi) is 1.68. The zero-order chi connectivity index (χ0) is 10.1. The molecule has 0 fully saturated rings. The molecule has 5 heteroatoms. The first-order valence-electron chi connectivity index (χ1n) is 3.84. The van der Waals surface area contributed by atoms with E-state index < -0.39 is 5.56 Å². The topological polar surface area (TPSA) is 89.8 Å². The van der Waals surface area contributed by atoms with Crippen LogP contribution in [0, 0.1) is 11.3 Å². The van der Waals surface area contributed by atoms with E-state index >= 15 is 0 Å². The summed E-state index contributed by atoms with van der Waals surface area (Å²) in [5, 5.41) is 18.2. The number of H-pyrrole nitrogens is 1. The van der Waals surface area contributed by atoms with Crippen molar-refractivity contribution in [2.75, 3.05) is 0 Å². The number of aromatic nitrogens is 2. The Balaban J connectivity index is 3.00. The van der Waals surface area contributed by atoms with Gasteiger partial charge in [0.1, 0.15) is 17.3 Å². The highest BCUT2D eigenvalue weighted by Crippen LogP contribution is 2.18. The molecule has 0 unspecified atom stereocenters. The van der Waals surface area contributed by atoms with Gasteiger partial charge < -0.3 is 5.11 Å². The zero-order valence-corrected chi connectivity index (χ0v) is 6.98. The predicted molar refractivity (Wildman–Crippen MR) is 48.7 cm³/mol. The number of aromatic amines is 1. The molecule has 1 aromatic heterocycles. The minimum absolute atomic E-state index is 0.106. The second-order valence-corrected chi connectivity index (χ2v) is 2.70. The monoisotopic (exact) mass is 187 g/mol. The lowest BCUT2D eigenvalue weighted by molar-refractivity contribution is 0.480. The number of nitrogens with one attached hydrogen (secondary N) is 1. The van der Waals surface area contributed by atoms with Crippen LogP contribution in [0.4, 0.5) is 0 Å². The van der Waals surface area contributed by atoms with Gasteiger partial charge in [0.15, 0.2) is 0 Å². The minimum atomic E-state index is -0.428. The van der Waals surface area contributed by atoms with Crippen molar-refractivity contribution in [3.05, 3.63) is 34.4 Å². The molecule has 0 atom stereocenters. The maximum atomic E-state index is 11.4. The average Bonchev–Trinajstić information content (AvgIpc) is 2.19. The van der Waals surface area contributed by atoms with Crippen molar-refractivity contribution in [2.24, 2.45) is 0 Å². The molecule has 1 heterocycles. The van der Waals surface area contributed by atoms with Crippen LogP contribution in [0.15, 0.2) is 23.0 Å². The highest BCUT2D eigenvalue weighted by atomic mass is 16.3. The number of nitrogens with zero attached hydrogens (tertiary/aromatic N) is 2. The maximum Gasteiger partial charge on any atom is 0.259 e. The predicted octanol–water partition coefficient (Wildman–Crippen LogP) is 0.500. The molecule has 2 aromatic rings.